The van der Waals surface area contributed by atoms with Crippen LogP contribution >= 0.6 is 11.3 Å². The number of nitrogens with one attached hydrogen (secondary N) is 2. The van der Waals surface area contributed by atoms with Crippen molar-refractivity contribution in [3.63, 3.8) is 0 Å². The monoisotopic (exact) mass is 370 g/mol. The van der Waals surface area contributed by atoms with Crippen molar-refractivity contribution in [3.8, 4) is 11.1 Å². The second-order valence-corrected chi connectivity index (χ2v) is 6.54. The number of thiophene rings is 1. The van der Waals surface area contributed by atoms with E-state index in [9.17, 15) is 14.4 Å². The molecular weight excluding hydrogens is 352 g/mol. The number of amides is 3. The number of fused-ring (bicyclic) bond motifs is 1. The van der Waals surface area contributed by atoms with Crippen molar-refractivity contribution in [1.29, 1.82) is 0 Å². The van der Waals surface area contributed by atoms with E-state index < -0.39 is 11.9 Å². The standard InChI is InChI=1S/C18H18N4O3S/c1-2-8-19-18(25)21-14(23)9-22-11-20-16-15(17(22)24)13(10-26-16)12-6-4-3-5-7-12/h3-7,10-11H,2,8-9H2,1H3,(H2,19,21,23,25). The van der Waals surface area contributed by atoms with Crippen LogP contribution in [0.3, 0.4) is 0 Å². The lowest BCUT2D eigenvalue weighted by molar-refractivity contribution is -0.120. The lowest BCUT2D eigenvalue weighted by Crippen LogP contribution is -2.42. The van der Waals surface area contributed by atoms with E-state index in [2.05, 4.69) is 15.6 Å². The van der Waals surface area contributed by atoms with Gasteiger partial charge < -0.3 is 5.32 Å². The number of imide groups is 1. The maximum absolute atomic E-state index is 12.8. The predicted octanol–water partition coefficient (Wildman–Crippen LogP) is 2.36. The highest BCUT2D eigenvalue weighted by Crippen LogP contribution is 2.30. The fraction of sp³-hybridized carbons (Fsp3) is 0.222. The molecule has 0 atom stereocenters. The summed E-state index contributed by atoms with van der Waals surface area (Å²) in [4.78, 5) is 41.3. The van der Waals surface area contributed by atoms with E-state index in [0.717, 1.165) is 17.5 Å². The summed E-state index contributed by atoms with van der Waals surface area (Å²) >= 11 is 1.38. The van der Waals surface area contributed by atoms with Crippen molar-refractivity contribution in [1.82, 2.24) is 20.2 Å². The minimum Gasteiger partial charge on any atom is -0.338 e. The summed E-state index contributed by atoms with van der Waals surface area (Å²) in [5.74, 6) is -0.571. The summed E-state index contributed by atoms with van der Waals surface area (Å²) < 4.78 is 1.21. The van der Waals surface area contributed by atoms with Crippen LogP contribution in [0.25, 0.3) is 21.3 Å². The molecule has 26 heavy (non-hydrogen) atoms. The van der Waals surface area contributed by atoms with E-state index in [1.807, 2.05) is 42.6 Å². The fourth-order valence-electron chi connectivity index (χ4n) is 2.51. The zero-order chi connectivity index (χ0) is 18.5. The van der Waals surface area contributed by atoms with Gasteiger partial charge in [0, 0.05) is 17.5 Å². The van der Waals surface area contributed by atoms with Crippen molar-refractivity contribution in [3.05, 3.63) is 52.4 Å². The SMILES string of the molecule is CCCNC(=O)NC(=O)Cn1cnc2scc(-c3ccccc3)c2c1=O. The Bertz CT molecular complexity index is 995. The highest BCUT2D eigenvalue weighted by Gasteiger charge is 2.15. The minimum absolute atomic E-state index is 0.272. The molecule has 0 aliphatic carbocycles. The van der Waals surface area contributed by atoms with Crippen LogP contribution in [-0.2, 0) is 11.3 Å². The molecule has 3 amide bonds. The van der Waals surface area contributed by atoms with Crippen molar-refractivity contribution in [2.24, 2.45) is 0 Å². The molecule has 2 N–H and O–H groups in total. The van der Waals surface area contributed by atoms with Gasteiger partial charge in [-0.1, -0.05) is 37.3 Å². The number of hydrogen-bond donors (Lipinski definition) is 2. The molecule has 0 radical (unpaired) electrons. The minimum atomic E-state index is -0.571. The molecule has 7 nitrogen and oxygen atoms in total. The Labute approximate surface area is 153 Å². The van der Waals surface area contributed by atoms with Crippen molar-refractivity contribution in [2.45, 2.75) is 19.9 Å². The molecule has 0 fully saturated rings. The third-order valence-electron chi connectivity index (χ3n) is 3.75. The van der Waals surface area contributed by atoms with E-state index in [1.165, 1.54) is 22.2 Å². The Kier molecular flexibility index (Phi) is 5.43. The Hall–Kier alpha value is -3.00. The summed E-state index contributed by atoms with van der Waals surface area (Å²) in [5.41, 5.74) is 1.40. The van der Waals surface area contributed by atoms with Gasteiger partial charge in [-0.2, -0.15) is 0 Å². The van der Waals surface area contributed by atoms with Crippen LogP contribution < -0.4 is 16.2 Å². The maximum Gasteiger partial charge on any atom is 0.321 e. The molecule has 8 heteroatoms. The number of nitrogens with zero attached hydrogens (tertiary/aromatic N) is 2. The summed E-state index contributed by atoms with van der Waals surface area (Å²) in [6.07, 6.45) is 2.10. The van der Waals surface area contributed by atoms with Gasteiger partial charge in [0.1, 0.15) is 11.4 Å². The third-order valence-corrected chi connectivity index (χ3v) is 4.63. The van der Waals surface area contributed by atoms with E-state index >= 15 is 0 Å². The molecule has 0 saturated heterocycles. The molecule has 0 bridgehead atoms. The first kappa shape index (κ1) is 17.8. The van der Waals surface area contributed by atoms with E-state index in [-0.39, 0.29) is 12.1 Å². The van der Waals surface area contributed by atoms with Crippen LogP contribution in [0.1, 0.15) is 13.3 Å². The second-order valence-electron chi connectivity index (χ2n) is 5.68. The van der Waals surface area contributed by atoms with Crippen LogP contribution in [0, 0.1) is 0 Å². The fourth-order valence-corrected chi connectivity index (χ4v) is 3.42. The van der Waals surface area contributed by atoms with Crippen LogP contribution in [0.5, 0.6) is 0 Å². The largest absolute Gasteiger partial charge is 0.338 e. The van der Waals surface area contributed by atoms with E-state index in [4.69, 9.17) is 0 Å². The average molecular weight is 370 g/mol. The predicted molar refractivity (Wildman–Crippen MR) is 101 cm³/mol. The van der Waals surface area contributed by atoms with Gasteiger partial charge in [0.05, 0.1) is 11.7 Å². The number of carbonyl (C=O) groups is 2. The van der Waals surface area contributed by atoms with Crippen molar-refractivity contribution >= 4 is 33.5 Å². The Morgan fingerprint density at radius 3 is 2.73 bits per heavy atom. The molecule has 1 aromatic carbocycles. The average Bonchev–Trinajstić information content (AvgIpc) is 3.08. The molecular formula is C18H18N4O3S. The van der Waals surface area contributed by atoms with Gasteiger partial charge in [0.15, 0.2) is 0 Å². The number of aromatic nitrogens is 2. The Balaban J connectivity index is 1.86. The Morgan fingerprint density at radius 2 is 2.00 bits per heavy atom. The highest BCUT2D eigenvalue weighted by molar-refractivity contribution is 7.17. The van der Waals surface area contributed by atoms with Gasteiger partial charge in [0.25, 0.3) is 5.56 Å². The van der Waals surface area contributed by atoms with E-state index in [0.29, 0.717) is 16.8 Å². The second kappa shape index (κ2) is 7.92. The van der Waals surface area contributed by atoms with Gasteiger partial charge in [-0.3, -0.25) is 19.5 Å². The highest BCUT2D eigenvalue weighted by atomic mass is 32.1. The smallest absolute Gasteiger partial charge is 0.321 e. The van der Waals surface area contributed by atoms with Gasteiger partial charge >= 0.3 is 6.03 Å². The first-order valence-electron chi connectivity index (χ1n) is 8.20. The molecule has 2 heterocycles. The molecule has 0 spiro atoms. The van der Waals surface area contributed by atoms with Gasteiger partial charge in [0.2, 0.25) is 5.91 Å². The lowest BCUT2D eigenvalue weighted by atomic mass is 10.1. The first-order valence-corrected chi connectivity index (χ1v) is 9.08. The summed E-state index contributed by atoms with van der Waals surface area (Å²) in [6.45, 7) is 2.11. The molecule has 0 aliphatic rings. The Morgan fingerprint density at radius 1 is 1.23 bits per heavy atom. The third kappa shape index (κ3) is 3.80. The summed E-state index contributed by atoms with van der Waals surface area (Å²) in [5, 5.41) is 7.12. The van der Waals surface area contributed by atoms with Crippen LogP contribution in [0.2, 0.25) is 0 Å². The van der Waals surface area contributed by atoms with Crippen molar-refractivity contribution < 1.29 is 9.59 Å². The molecule has 3 aromatic rings. The molecule has 2 aromatic heterocycles. The normalized spacial score (nSPS) is 10.7. The molecule has 134 valence electrons. The van der Waals surface area contributed by atoms with E-state index in [1.54, 1.807) is 0 Å². The zero-order valence-corrected chi connectivity index (χ0v) is 15.0. The van der Waals surface area contributed by atoms with Crippen LogP contribution in [0.4, 0.5) is 4.79 Å². The number of hydrogen-bond acceptors (Lipinski definition) is 5. The maximum atomic E-state index is 12.8. The molecule has 0 saturated carbocycles. The lowest BCUT2D eigenvalue weighted by Gasteiger charge is -2.08. The number of rotatable bonds is 5. The quantitative estimate of drug-likeness (QED) is 0.721. The zero-order valence-electron chi connectivity index (χ0n) is 14.2. The van der Waals surface area contributed by atoms with Crippen LogP contribution in [-0.4, -0.2) is 28.0 Å². The van der Waals surface area contributed by atoms with Crippen molar-refractivity contribution in [2.75, 3.05) is 6.54 Å². The number of benzene rings is 1. The topological polar surface area (TPSA) is 93.1 Å². The summed E-state index contributed by atoms with van der Waals surface area (Å²) in [6, 6.07) is 8.97. The summed E-state index contributed by atoms with van der Waals surface area (Å²) in [7, 11) is 0. The number of carbonyl (C=O) groups excluding carboxylic acids is 2. The first-order chi connectivity index (χ1) is 12.6. The van der Waals surface area contributed by atoms with Gasteiger partial charge in [-0.05, 0) is 12.0 Å². The van der Waals surface area contributed by atoms with Gasteiger partial charge in [-0.25, -0.2) is 9.78 Å². The van der Waals surface area contributed by atoms with Crippen LogP contribution in [0.15, 0.2) is 46.8 Å². The molecule has 0 unspecified atom stereocenters. The van der Waals surface area contributed by atoms with Gasteiger partial charge in [-0.15, -0.1) is 11.3 Å². The molecule has 0 aliphatic heterocycles. The number of urea groups is 1. The molecule has 3 rings (SSSR count).